The Balaban J connectivity index is 2.15. The largest absolute Gasteiger partial charge is 0.493 e. The van der Waals surface area contributed by atoms with Crippen molar-refractivity contribution in [1.29, 1.82) is 0 Å². The number of alkyl halides is 1. The number of aliphatic hydroxyl groups is 3. The Morgan fingerprint density at radius 1 is 1.00 bits per heavy atom. The number of rotatable bonds is 10. The van der Waals surface area contributed by atoms with Gasteiger partial charge in [0.2, 0.25) is 0 Å². The SMILES string of the molecule is CC(C)(c1ccc(OCC(O)CO)cc1)c1ccccc1OCCC(O)Cl. The van der Waals surface area contributed by atoms with Crippen LogP contribution < -0.4 is 9.47 Å². The molecule has 2 rings (SSSR count). The maximum atomic E-state index is 9.37. The zero-order valence-corrected chi connectivity index (χ0v) is 16.4. The highest BCUT2D eigenvalue weighted by molar-refractivity contribution is 6.19. The normalized spacial score (nSPS) is 13.9. The molecule has 0 spiro atoms. The smallest absolute Gasteiger partial charge is 0.131 e. The average Bonchev–Trinajstić information content (AvgIpc) is 2.66. The number of aliphatic hydroxyl groups excluding tert-OH is 3. The van der Waals surface area contributed by atoms with Gasteiger partial charge in [0.25, 0.3) is 0 Å². The summed E-state index contributed by atoms with van der Waals surface area (Å²) < 4.78 is 11.3. The van der Waals surface area contributed by atoms with E-state index in [1.165, 1.54) is 0 Å². The summed E-state index contributed by atoms with van der Waals surface area (Å²) in [5, 5.41) is 27.4. The lowest BCUT2D eigenvalue weighted by Crippen LogP contribution is -2.22. The molecule has 2 aromatic carbocycles. The van der Waals surface area contributed by atoms with Gasteiger partial charge in [-0.05, 0) is 23.8 Å². The third-order valence-electron chi connectivity index (χ3n) is 4.40. The van der Waals surface area contributed by atoms with Crippen molar-refractivity contribution in [2.24, 2.45) is 0 Å². The van der Waals surface area contributed by atoms with Crippen LogP contribution >= 0.6 is 11.6 Å². The molecule has 0 amide bonds. The molecule has 27 heavy (non-hydrogen) atoms. The lowest BCUT2D eigenvalue weighted by atomic mass is 9.77. The molecular weight excluding hydrogens is 368 g/mol. The number of para-hydroxylation sites is 1. The van der Waals surface area contributed by atoms with E-state index in [9.17, 15) is 10.2 Å². The zero-order valence-electron chi connectivity index (χ0n) is 15.6. The van der Waals surface area contributed by atoms with Crippen molar-refractivity contribution in [3.05, 3.63) is 59.7 Å². The lowest BCUT2D eigenvalue weighted by molar-refractivity contribution is 0.0536. The van der Waals surface area contributed by atoms with Crippen LogP contribution in [0.5, 0.6) is 11.5 Å². The summed E-state index contributed by atoms with van der Waals surface area (Å²) in [6.07, 6.45) is -0.543. The highest BCUT2D eigenvalue weighted by Crippen LogP contribution is 2.37. The lowest BCUT2D eigenvalue weighted by Gasteiger charge is -2.28. The minimum Gasteiger partial charge on any atom is -0.493 e. The quantitative estimate of drug-likeness (QED) is 0.540. The molecule has 0 aromatic heterocycles. The first-order valence-electron chi connectivity index (χ1n) is 8.91. The van der Waals surface area contributed by atoms with E-state index < -0.39 is 11.7 Å². The molecule has 0 saturated carbocycles. The van der Waals surface area contributed by atoms with Crippen LogP contribution in [0, 0.1) is 0 Å². The predicted molar refractivity (Wildman–Crippen MR) is 106 cm³/mol. The van der Waals surface area contributed by atoms with Gasteiger partial charge in [0.05, 0.1) is 13.2 Å². The fourth-order valence-corrected chi connectivity index (χ4v) is 2.83. The van der Waals surface area contributed by atoms with Crippen LogP contribution in [-0.4, -0.2) is 46.8 Å². The van der Waals surface area contributed by atoms with E-state index in [1.54, 1.807) is 0 Å². The Morgan fingerprint density at radius 3 is 2.30 bits per heavy atom. The first-order valence-corrected chi connectivity index (χ1v) is 9.35. The molecule has 0 aliphatic heterocycles. The van der Waals surface area contributed by atoms with Crippen LogP contribution in [0.15, 0.2) is 48.5 Å². The fourth-order valence-electron chi connectivity index (χ4n) is 2.74. The van der Waals surface area contributed by atoms with Gasteiger partial charge in [0.15, 0.2) is 0 Å². The van der Waals surface area contributed by atoms with E-state index in [4.69, 9.17) is 26.2 Å². The highest BCUT2D eigenvalue weighted by atomic mass is 35.5. The Hall–Kier alpha value is -1.79. The molecule has 0 fully saturated rings. The summed E-state index contributed by atoms with van der Waals surface area (Å²) in [7, 11) is 0. The number of ether oxygens (including phenoxy) is 2. The van der Waals surface area contributed by atoms with E-state index in [1.807, 2.05) is 48.5 Å². The third kappa shape index (κ3) is 6.11. The van der Waals surface area contributed by atoms with Gasteiger partial charge in [-0.25, -0.2) is 0 Å². The van der Waals surface area contributed by atoms with E-state index in [0.29, 0.717) is 18.8 Å². The monoisotopic (exact) mass is 394 g/mol. The van der Waals surface area contributed by atoms with Crippen molar-refractivity contribution in [2.75, 3.05) is 19.8 Å². The molecule has 5 nitrogen and oxygen atoms in total. The van der Waals surface area contributed by atoms with Gasteiger partial charge in [-0.1, -0.05) is 55.8 Å². The summed E-state index contributed by atoms with van der Waals surface area (Å²) in [5.41, 5.74) is 0.866. The van der Waals surface area contributed by atoms with E-state index >= 15 is 0 Å². The summed E-state index contributed by atoms with van der Waals surface area (Å²) in [6.45, 7) is 4.26. The summed E-state index contributed by atoms with van der Waals surface area (Å²) in [5.74, 6) is 1.38. The van der Waals surface area contributed by atoms with E-state index in [-0.39, 0.29) is 18.6 Å². The van der Waals surface area contributed by atoms with Crippen molar-refractivity contribution in [3.8, 4) is 11.5 Å². The molecule has 2 aromatic rings. The number of hydrogen-bond acceptors (Lipinski definition) is 5. The Labute approximate surface area is 165 Å². The Bertz CT molecular complexity index is 700. The van der Waals surface area contributed by atoms with Gasteiger partial charge >= 0.3 is 0 Å². The van der Waals surface area contributed by atoms with Gasteiger partial charge in [-0.2, -0.15) is 0 Å². The Morgan fingerprint density at radius 2 is 1.67 bits per heavy atom. The highest BCUT2D eigenvalue weighted by Gasteiger charge is 2.26. The van der Waals surface area contributed by atoms with Gasteiger partial charge in [0.1, 0.15) is 29.8 Å². The molecule has 0 bridgehead atoms. The maximum absolute atomic E-state index is 9.37. The van der Waals surface area contributed by atoms with Crippen molar-refractivity contribution in [1.82, 2.24) is 0 Å². The van der Waals surface area contributed by atoms with Gasteiger partial charge in [-0.3, -0.25) is 0 Å². The molecule has 2 atom stereocenters. The number of benzene rings is 2. The summed E-state index contributed by atoms with van der Waals surface area (Å²) in [4.78, 5) is 0. The van der Waals surface area contributed by atoms with Crippen molar-refractivity contribution in [3.63, 3.8) is 0 Å². The molecule has 0 aliphatic rings. The van der Waals surface area contributed by atoms with Crippen LogP contribution in [0.4, 0.5) is 0 Å². The molecular formula is C21H27ClO5. The van der Waals surface area contributed by atoms with Crippen LogP contribution in [0.1, 0.15) is 31.4 Å². The maximum Gasteiger partial charge on any atom is 0.131 e. The summed E-state index contributed by atoms with van der Waals surface area (Å²) >= 11 is 5.57. The molecule has 148 valence electrons. The predicted octanol–water partition coefficient (Wildman–Crippen LogP) is 3.07. The fraction of sp³-hybridized carbons (Fsp3) is 0.429. The number of halogens is 1. The first-order chi connectivity index (χ1) is 12.8. The molecule has 0 heterocycles. The van der Waals surface area contributed by atoms with Crippen LogP contribution in [0.25, 0.3) is 0 Å². The van der Waals surface area contributed by atoms with Gasteiger partial charge in [-0.15, -0.1) is 0 Å². The van der Waals surface area contributed by atoms with Gasteiger partial charge < -0.3 is 24.8 Å². The molecule has 0 saturated heterocycles. The minimum atomic E-state index is -0.915. The zero-order chi connectivity index (χ0) is 19.9. The van der Waals surface area contributed by atoms with Crippen LogP contribution in [0.2, 0.25) is 0 Å². The molecule has 3 N–H and O–H groups in total. The minimum absolute atomic E-state index is 0.0440. The first kappa shape index (κ1) is 21.5. The third-order valence-corrected chi connectivity index (χ3v) is 4.62. The molecule has 0 radical (unpaired) electrons. The van der Waals surface area contributed by atoms with E-state index in [2.05, 4.69) is 13.8 Å². The molecule has 0 aliphatic carbocycles. The Kier molecular flexibility index (Phi) is 7.92. The van der Waals surface area contributed by atoms with Gasteiger partial charge in [0, 0.05) is 17.4 Å². The van der Waals surface area contributed by atoms with Crippen molar-refractivity contribution < 1.29 is 24.8 Å². The van der Waals surface area contributed by atoms with Crippen LogP contribution in [0.3, 0.4) is 0 Å². The average molecular weight is 395 g/mol. The van der Waals surface area contributed by atoms with Crippen molar-refractivity contribution >= 4 is 11.6 Å². The molecule has 2 unspecified atom stereocenters. The number of hydrogen-bond donors (Lipinski definition) is 3. The second-order valence-electron chi connectivity index (χ2n) is 6.86. The van der Waals surface area contributed by atoms with Crippen LogP contribution in [-0.2, 0) is 5.41 Å². The van der Waals surface area contributed by atoms with Crippen molar-refractivity contribution in [2.45, 2.75) is 37.4 Å². The molecule has 6 heteroatoms. The summed E-state index contributed by atoms with van der Waals surface area (Å²) in [6, 6.07) is 15.4. The second kappa shape index (κ2) is 9.95. The standard InChI is InChI=1S/C21H27ClO5/c1-21(2,15-7-9-17(10-8-15)27-14-16(24)13-23)18-5-3-4-6-19(18)26-12-11-20(22)25/h3-10,16,20,23-25H,11-14H2,1-2H3. The second-order valence-corrected chi connectivity index (χ2v) is 7.37. The topological polar surface area (TPSA) is 79.2 Å². The van der Waals surface area contributed by atoms with E-state index in [0.717, 1.165) is 16.9 Å².